The standard InChI is InChI=1S/C27H28Cl2FN3O4S/c1-3-15-31-27(35)19(2)32(17-20-9-14-24(28)25(29)16-20)26(34)18-33(22-12-10-21(30)11-13-22)38(36,37)23-7-5-4-6-8-23/h4-14,16,19H,3,15,17-18H2,1-2H3,(H,31,35)/t19-/m1/s1. The van der Waals surface area contributed by atoms with Crippen LogP contribution in [0.2, 0.25) is 10.0 Å². The summed E-state index contributed by atoms with van der Waals surface area (Å²) in [7, 11) is -4.22. The van der Waals surface area contributed by atoms with Crippen LogP contribution in [0.5, 0.6) is 0 Å². The van der Waals surface area contributed by atoms with Gasteiger partial charge in [0.05, 0.1) is 20.6 Å². The van der Waals surface area contributed by atoms with E-state index in [1.54, 1.807) is 43.3 Å². The summed E-state index contributed by atoms with van der Waals surface area (Å²) in [6.07, 6.45) is 0.701. The molecule has 0 saturated heterocycles. The minimum atomic E-state index is -4.22. The molecule has 3 aromatic rings. The lowest BCUT2D eigenvalue weighted by molar-refractivity contribution is -0.139. The Morgan fingerprint density at radius 2 is 1.63 bits per heavy atom. The zero-order chi connectivity index (χ0) is 27.9. The smallest absolute Gasteiger partial charge is 0.264 e. The average molecular weight is 581 g/mol. The molecule has 1 atom stereocenters. The molecule has 0 fully saturated rings. The van der Waals surface area contributed by atoms with Gasteiger partial charge in [-0.15, -0.1) is 0 Å². The molecular formula is C27H28Cl2FN3O4S. The van der Waals surface area contributed by atoms with Crippen molar-refractivity contribution in [3.05, 3.63) is 94.2 Å². The maximum atomic E-state index is 13.8. The van der Waals surface area contributed by atoms with E-state index in [0.717, 1.165) is 16.4 Å². The zero-order valence-corrected chi connectivity index (χ0v) is 23.2. The number of benzene rings is 3. The number of halogens is 3. The van der Waals surface area contributed by atoms with Gasteiger partial charge in [0.25, 0.3) is 10.0 Å². The second-order valence-corrected chi connectivity index (χ2v) is 11.2. The Balaban J connectivity index is 2.01. The Bertz CT molecular complexity index is 1370. The van der Waals surface area contributed by atoms with Crippen molar-refractivity contribution >= 4 is 50.7 Å². The fourth-order valence-electron chi connectivity index (χ4n) is 3.67. The van der Waals surface area contributed by atoms with E-state index >= 15 is 0 Å². The van der Waals surface area contributed by atoms with Gasteiger partial charge >= 0.3 is 0 Å². The number of nitrogens with one attached hydrogen (secondary N) is 1. The molecule has 0 aliphatic carbocycles. The number of carbonyl (C=O) groups is 2. The van der Waals surface area contributed by atoms with E-state index in [9.17, 15) is 22.4 Å². The van der Waals surface area contributed by atoms with Crippen LogP contribution in [0.1, 0.15) is 25.8 Å². The molecule has 0 spiro atoms. The molecule has 202 valence electrons. The van der Waals surface area contributed by atoms with Crippen molar-refractivity contribution in [3.63, 3.8) is 0 Å². The molecule has 38 heavy (non-hydrogen) atoms. The fourth-order valence-corrected chi connectivity index (χ4v) is 5.42. The Labute approximate surface area is 232 Å². The molecule has 2 amide bonds. The van der Waals surface area contributed by atoms with Gasteiger partial charge in [0.15, 0.2) is 0 Å². The van der Waals surface area contributed by atoms with Crippen molar-refractivity contribution in [2.75, 3.05) is 17.4 Å². The third-order valence-corrected chi connectivity index (χ3v) is 8.31. The second-order valence-electron chi connectivity index (χ2n) is 8.54. The summed E-state index contributed by atoms with van der Waals surface area (Å²) in [5.41, 5.74) is 0.698. The van der Waals surface area contributed by atoms with Gasteiger partial charge in [-0.25, -0.2) is 12.8 Å². The van der Waals surface area contributed by atoms with E-state index in [0.29, 0.717) is 23.6 Å². The first kappa shape index (κ1) is 29.4. The van der Waals surface area contributed by atoms with Gasteiger partial charge in [0.2, 0.25) is 11.8 Å². The van der Waals surface area contributed by atoms with Crippen LogP contribution in [0, 0.1) is 5.82 Å². The number of nitrogens with zero attached hydrogens (tertiary/aromatic N) is 2. The number of hydrogen-bond donors (Lipinski definition) is 1. The zero-order valence-electron chi connectivity index (χ0n) is 20.9. The first-order valence-electron chi connectivity index (χ1n) is 11.9. The van der Waals surface area contributed by atoms with Crippen LogP contribution in [0.4, 0.5) is 10.1 Å². The predicted octanol–water partition coefficient (Wildman–Crippen LogP) is 5.27. The number of anilines is 1. The molecule has 11 heteroatoms. The van der Waals surface area contributed by atoms with E-state index in [-0.39, 0.29) is 28.1 Å². The van der Waals surface area contributed by atoms with Gasteiger partial charge in [0.1, 0.15) is 18.4 Å². The van der Waals surface area contributed by atoms with Crippen molar-refractivity contribution in [1.29, 1.82) is 0 Å². The molecule has 3 rings (SSSR count). The lowest BCUT2D eigenvalue weighted by Gasteiger charge is -2.32. The molecule has 0 unspecified atom stereocenters. The van der Waals surface area contributed by atoms with Crippen LogP contribution < -0.4 is 9.62 Å². The van der Waals surface area contributed by atoms with Crippen molar-refractivity contribution < 1.29 is 22.4 Å². The molecule has 7 nitrogen and oxygen atoms in total. The Kier molecular flexibility index (Phi) is 10.1. The highest BCUT2D eigenvalue weighted by Gasteiger charge is 2.32. The molecule has 0 aliphatic rings. The normalized spacial score (nSPS) is 12.0. The first-order valence-corrected chi connectivity index (χ1v) is 14.1. The highest BCUT2D eigenvalue weighted by atomic mass is 35.5. The highest BCUT2D eigenvalue weighted by Crippen LogP contribution is 2.26. The third kappa shape index (κ3) is 7.24. The predicted molar refractivity (Wildman–Crippen MR) is 147 cm³/mol. The number of hydrogen-bond acceptors (Lipinski definition) is 4. The van der Waals surface area contributed by atoms with E-state index in [1.165, 1.54) is 29.2 Å². The number of carbonyl (C=O) groups excluding carboxylic acids is 2. The van der Waals surface area contributed by atoms with Crippen LogP contribution in [0.15, 0.2) is 77.7 Å². The number of amides is 2. The van der Waals surface area contributed by atoms with E-state index < -0.39 is 34.3 Å². The van der Waals surface area contributed by atoms with Gasteiger partial charge in [0, 0.05) is 13.1 Å². The summed E-state index contributed by atoms with van der Waals surface area (Å²) in [4.78, 5) is 27.8. The summed E-state index contributed by atoms with van der Waals surface area (Å²) in [5, 5.41) is 3.38. The van der Waals surface area contributed by atoms with Crippen LogP contribution in [-0.2, 0) is 26.2 Å². The van der Waals surface area contributed by atoms with Gasteiger partial charge < -0.3 is 10.2 Å². The van der Waals surface area contributed by atoms with Crippen molar-refractivity contribution in [1.82, 2.24) is 10.2 Å². The van der Waals surface area contributed by atoms with Gasteiger partial charge in [-0.2, -0.15) is 0 Å². The van der Waals surface area contributed by atoms with Crippen LogP contribution in [-0.4, -0.2) is 44.3 Å². The Hall–Kier alpha value is -3.14. The molecule has 1 N–H and O–H groups in total. The molecule has 0 saturated carbocycles. The lowest BCUT2D eigenvalue weighted by atomic mass is 10.1. The largest absolute Gasteiger partial charge is 0.354 e. The minimum absolute atomic E-state index is 0.0287. The summed E-state index contributed by atoms with van der Waals surface area (Å²) in [5.74, 6) is -1.59. The van der Waals surface area contributed by atoms with Crippen molar-refractivity contribution in [2.45, 2.75) is 37.8 Å². The molecule has 0 aliphatic heterocycles. The molecular weight excluding hydrogens is 552 g/mol. The SMILES string of the molecule is CCCNC(=O)[C@@H](C)N(Cc1ccc(Cl)c(Cl)c1)C(=O)CN(c1ccc(F)cc1)S(=O)(=O)c1ccccc1. The maximum Gasteiger partial charge on any atom is 0.264 e. The number of sulfonamides is 1. The van der Waals surface area contributed by atoms with E-state index in [4.69, 9.17) is 23.2 Å². The van der Waals surface area contributed by atoms with Crippen LogP contribution in [0.3, 0.4) is 0 Å². The van der Waals surface area contributed by atoms with Gasteiger partial charge in [-0.1, -0.05) is 54.4 Å². The fraction of sp³-hybridized carbons (Fsp3) is 0.259. The summed E-state index contributed by atoms with van der Waals surface area (Å²) < 4.78 is 41.8. The monoisotopic (exact) mass is 579 g/mol. The van der Waals surface area contributed by atoms with Crippen molar-refractivity contribution in [2.24, 2.45) is 0 Å². The second kappa shape index (κ2) is 13.1. The number of rotatable bonds is 11. The van der Waals surface area contributed by atoms with Crippen molar-refractivity contribution in [3.8, 4) is 0 Å². The Morgan fingerprint density at radius 1 is 0.974 bits per heavy atom. The summed E-state index contributed by atoms with van der Waals surface area (Å²) in [6.45, 7) is 3.23. The third-order valence-electron chi connectivity index (χ3n) is 5.78. The summed E-state index contributed by atoms with van der Waals surface area (Å²) in [6, 6.07) is 16.3. The summed E-state index contributed by atoms with van der Waals surface area (Å²) >= 11 is 12.2. The average Bonchev–Trinajstić information content (AvgIpc) is 2.91. The molecule has 0 heterocycles. The molecule has 0 bridgehead atoms. The molecule has 3 aromatic carbocycles. The quantitative estimate of drug-likeness (QED) is 0.335. The minimum Gasteiger partial charge on any atom is -0.354 e. The van der Waals surface area contributed by atoms with E-state index in [1.807, 2.05) is 6.92 Å². The van der Waals surface area contributed by atoms with Crippen LogP contribution in [0.25, 0.3) is 0 Å². The highest BCUT2D eigenvalue weighted by molar-refractivity contribution is 7.92. The topological polar surface area (TPSA) is 86.8 Å². The molecule has 0 radical (unpaired) electrons. The Morgan fingerprint density at radius 3 is 2.24 bits per heavy atom. The van der Waals surface area contributed by atoms with Gasteiger partial charge in [-0.3, -0.25) is 13.9 Å². The first-order chi connectivity index (χ1) is 18.0. The maximum absolute atomic E-state index is 13.8. The van der Waals surface area contributed by atoms with E-state index in [2.05, 4.69) is 5.32 Å². The molecule has 0 aromatic heterocycles. The van der Waals surface area contributed by atoms with Crippen LogP contribution >= 0.6 is 23.2 Å². The lowest BCUT2D eigenvalue weighted by Crippen LogP contribution is -2.51. The van der Waals surface area contributed by atoms with Gasteiger partial charge in [-0.05, 0) is 67.4 Å².